The molecular weight excluding hydrogens is 178 g/mol. The fourth-order valence-corrected chi connectivity index (χ4v) is 0.823. The Labute approximate surface area is 83.2 Å². The van der Waals surface area contributed by atoms with Crippen LogP contribution in [0.4, 0.5) is 0 Å². The van der Waals surface area contributed by atoms with Crippen molar-refractivity contribution < 1.29 is 4.57 Å². The molecule has 0 aliphatic rings. The molecular formula is C9H13N5. The molecule has 14 heavy (non-hydrogen) atoms. The van der Waals surface area contributed by atoms with Gasteiger partial charge in [-0.25, -0.2) is 4.57 Å². The van der Waals surface area contributed by atoms with E-state index in [1.54, 1.807) is 0 Å². The Kier molecular flexibility index (Phi) is 7.91. The molecule has 0 aliphatic carbocycles. The van der Waals surface area contributed by atoms with E-state index in [4.69, 9.17) is 10.7 Å². The minimum Gasteiger partial charge on any atom is -0.422 e. The van der Waals surface area contributed by atoms with Gasteiger partial charge in [-0.15, -0.1) is 6.01 Å². The first-order chi connectivity index (χ1) is 6.85. The minimum atomic E-state index is 1.14. The lowest BCUT2D eigenvalue weighted by molar-refractivity contribution is -0.696. The molecule has 0 radical (unpaired) electrons. The Morgan fingerprint density at radius 1 is 1.64 bits per heavy atom. The third-order valence-electron chi connectivity index (χ3n) is 1.47. The number of aliphatic imine (C=N–C) groups is 1. The molecule has 1 heterocycles. The Balaban J connectivity index is 0.000000292. The van der Waals surface area contributed by atoms with Crippen molar-refractivity contribution in [2.45, 2.75) is 26.3 Å². The molecule has 5 nitrogen and oxygen atoms in total. The summed E-state index contributed by atoms with van der Waals surface area (Å²) in [5, 5.41) is 14.9. The average molecular weight is 191 g/mol. The van der Waals surface area contributed by atoms with E-state index in [9.17, 15) is 0 Å². The summed E-state index contributed by atoms with van der Waals surface area (Å²) in [6.45, 7) is 3.34. The summed E-state index contributed by atoms with van der Waals surface area (Å²) < 4.78 is 2.16. The first kappa shape index (κ1) is 12.1. The Bertz CT molecular complexity index is 302. The van der Waals surface area contributed by atoms with Gasteiger partial charge in [0.05, 0.1) is 12.7 Å². The molecule has 0 spiro atoms. The van der Waals surface area contributed by atoms with E-state index in [0.29, 0.717) is 0 Å². The van der Waals surface area contributed by atoms with Crippen molar-refractivity contribution in [3.05, 3.63) is 24.1 Å². The predicted octanol–water partition coefficient (Wildman–Crippen LogP) is 1.31. The lowest BCUT2D eigenvalue weighted by atomic mass is 10.3. The molecule has 0 aromatic carbocycles. The van der Waals surface area contributed by atoms with Crippen LogP contribution in [0.15, 0.2) is 23.7 Å². The maximum absolute atomic E-state index is 7.43. The van der Waals surface area contributed by atoms with Crippen LogP contribution in [-0.4, -0.2) is 11.0 Å². The van der Waals surface area contributed by atoms with Gasteiger partial charge in [0.15, 0.2) is 0 Å². The van der Waals surface area contributed by atoms with Gasteiger partial charge < -0.3 is 10.4 Å². The van der Waals surface area contributed by atoms with Crippen molar-refractivity contribution >= 4 is 6.01 Å². The molecule has 1 rings (SSSR count). The largest absolute Gasteiger partial charge is 0.422 e. The van der Waals surface area contributed by atoms with Gasteiger partial charge in [-0.1, -0.05) is 13.3 Å². The molecule has 74 valence electrons. The first-order valence-corrected chi connectivity index (χ1v) is 4.34. The number of nitriles is 1. The van der Waals surface area contributed by atoms with Gasteiger partial charge in [-0.05, 0) is 6.42 Å². The zero-order valence-electron chi connectivity index (χ0n) is 8.14. The number of unbranched alkanes of at least 4 members (excludes halogenated alkanes) is 1. The zero-order valence-corrected chi connectivity index (χ0v) is 8.14. The van der Waals surface area contributed by atoms with Gasteiger partial charge in [0.25, 0.3) is 0 Å². The number of nitrogens with zero attached hydrogens (tertiary/aromatic N) is 4. The third-order valence-corrected chi connectivity index (χ3v) is 1.47. The van der Waals surface area contributed by atoms with E-state index >= 15 is 0 Å². The van der Waals surface area contributed by atoms with E-state index in [2.05, 4.69) is 27.7 Å². The Morgan fingerprint density at radius 3 is 2.79 bits per heavy atom. The molecule has 0 atom stereocenters. The van der Waals surface area contributed by atoms with Crippen molar-refractivity contribution in [2.75, 3.05) is 0 Å². The normalized spacial score (nSPS) is 7.71. The SMILES string of the molecule is CCCC[n+]1cc[nH]c1.N#CN=C=[N-]. The fourth-order valence-electron chi connectivity index (χ4n) is 0.823. The predicted molar refractivity (Wildman–Crippen MR) is 52.3 cm³/mol. The maximum Gasteiger partial charge on any atom is 0.241 e. The molecule has 1 N–H and O–H groups in total. The average Bonchev–Trinajstić information content (AvgIpc) is 2.69. The monoisotopic (exact) mass is 191 g/mol. The summed E-state index contributed by atoms with van der Waals surface area (Å²) in [4.78, 5) is 5.58. The number of nitrogens with one attached hydrogen (secondary N) is 1. The highest BCUT2D eigenvalue weighted by atomic mass is 15.0. The van der Waals surface area contributed by atoms with Crippen molar-refractivity contribution in [3.63, 3.8) is 0 Å². The highest BCUT2D eigenvalue weighted by Gasteiger charge is 1.92. The van der Waals surface area contributed by atoms with Crippen molar-refractivity contribution in [3.8, 4) is 6.19 Å². The number of hydrogen-bond donors (Lipinski definition) is 1. The smallest absolute Gasteiger partial charge is 0.241 e. The van der Waals surface area contributed by atoms with Crippen molar-refractivity contribution in [1.82, 2.24) is 4.98 Å². The van der Waals surface area contributed by atoms with Crippen LogP contribution < -0.4 is 4.57 Å². The number of hydrogen-bond acceptors (Lipinski definition) is 2. The van der Waals surface area contributed by atoms with Gasteiger partial charge in [0.1, 0.15) is 12.4 Å². The summed E-state index contributed by atoms with van der Waals surface area (Å²) in [6.07, 6.45) is 9.78. The van der Waals surface area contributed by atoms with Crippen LogP contribution in [0, 0.1) is 11.5 Å². The van der Waals surface area contributed by atoms with Crippen LogP contribution in [0.1, 0.15) is 19.8 Å². The van der Waals surface area contributed by atoms with Crippen molar-refractivity contribution in [2.24, 2.45) is 4.99 Å². The quantitative estimate of drug-likeness (QED) is 0.436. The fraction of sp³-hybridized carbons (Fsp3) is 0.444. The van der Waals surface area contributed by atoms with Gasteiger partial charge in [-0.3, -0.25) is 4.98 Å². The van der Waals surface area contributed by atoms with E-state index in [-0.39, 0.29) is 0 Å². The number of aryl methyl sites for hydroxylation is 1. The second kappa shape index (κ2) is 9.17. The number of imidazole rings is 1. The van der Waals surface area contributed by atoms with Crippen LogP contribution in [0.3, 0.4) is 0 Å². The second-order valence-corrected chi connectivity index (χ2v) is 2.51. The van der Waals surface area contributed by atoms with Crippen LogP contribution in [-0.2, 0) is 6.54 Å². The molecule has 0 aliphatic heterocycles. The molecule has 0 bridgehead atoms. The van der Waals surface area contributed by atoms with Crippen LogP contribution >= 0.6 is 0 Å². The standard InChI is InChI=1S/C7H12N2.C2N3/c1-2-3-5-9-6-4-8-7-9;3-1-5-2-4/h4,6-7H,2-3,5H2,1H3;/q;-1/p+1. The van der Waals surface area contributed by atoms with Gasteiger partial charge >= 0.3 is 0 Å². The minimum absolute atomic E-state index is 1.14. The highest BCUT2D eigenvalue weighted by Crippen LogP contribution is 1.84. The molecule has 1 aromatic heterocycles. The van der Waals surface area contributed by atoms with E-state index in [0.717, 1.165) is 6.54 Å². The molecule has 0 saturated carbocycles. The van der Waals surface area contributed by atoms with Crippen LogP contribution in [0.5, 0.6) is 0 Å². The summed E-state index contributed by atoms with van der Waals surface area (Å²) >= 11 is 0. The van der Waals surface area contributed by atoms with Crippen molar-refractivity contribution in [1.29, 1.82) is 5.26 Å². The van der Waals surface area contributed by atoms with Gasteiger partial charge in [0, 0.05) is 0 Å². The number of aromatic nitrogens is 2. The summed E-state index contributed by atoms with van der Waals surface area (Å²) in [7, 11) is 0. The molecule has 0 amide bonds. The first-order valence-electron chi connectivity index (χ1n) is 4.34. The second-order valence-electron chi connectivity index (χ2n) is 2.51. The zero-order chi connectivity index (χ0) is 10.6. The number of rotatable bonds is 3. The molecule has 0 saturated heterocycles. The van der Waals surface area contributed by atoms with Crippen LogP contribution in [0.25, 0.3) is 5.41 Å². The van der Waals surface area contributed by atoms with E-state index in [1.165, 1.54) is 25.0 Å². The molecule has 5 heteroatoms. The number of H-pyrrole nitrogens is 1. The maximum atomic E-state index is 7.43. The molecule has 0 unspecified atom stereocenters. The molecule has 0 fully saturated rings. The van der Waals surface area contributed by atoms with E-state index in [1.807, 2.05) is 12.5 Å². The van der Waals surface area contributed by atoms with Gasteiger partial charge in [0.2, 0.25) is 6.33 Å². The summed E-state index contributed by atoms with van der Waals surface area (Å²) in [5.74, 6) is 0. The Hall–Kier alpha value is -1.92. The topological polar surface area (TPSA) is 78.1 Å². The third kappa shape index (κ3) is 6.77. The lowest BCUT2D eigenvalue weighted by Crippen LogP contribution is -2.29. The summed E-state index contributed by atoms with van der Waals surface area (Å²) in [5.41, 5.74) is 0. The Morgan fingerprint density at radius 2 is 2.43 bits per heavy atom. The number of aromatic amines is 1. The highest BCUT2D eigenvalue weighted by molar-refractivity contribution is 5.46. The van der Waals surface area contributed by atoms with Gasteiger partial charge in [-0.2, -0.15) is 5.26 Å². The van der Waals surface area contributed by atoms with Crippen LogP contribution in [0.2, 0.25) is 0 Å². The summed E-state index contributed by atoms with van der Waals surface area (Å²) in [6, 6.07) is 1.28. The molecule has 1 aromatic rings. The lowest BCUT2D eigenvalue weighted by Gasteiger charge is -1.89. The van der Waals surface area contributed by atoms with E-state index < -0.39 is 0 Å².